The van der Waals surface area contributed by atoms with E-state index in [9.17, 15) is 24.8 Å². The molecule has 100 valence electrons. The van der Waals surface area contributed by atoms with Gasteiger partial charge >= 0.3 is 0 Å². The van der Waals surface area contributed by atoms with Gasteiger partial charge in [-0.15, -0.1) is 0 Å². The summed E-state index contributed by atoms with van der Waals surface area (Å²) in [6.45, 7) is 1.13. The maximum Gasteiger partial charge on any atom is 0.288 e. The minimum absolute atomic E-state index is 0.0725. The number of carboxylic acids is 1. The largest absolute Gasteiger partial charge is 0.543 e. The third-order valence-corrected chi connectivity index (χ3v) is 2.33. The molecule has 0 aromatic heterocycles. The van der Waals surface area contributed by atoms with Gasteiger partial charge in [-0.25, -0.2) is 0 Å². The number of carbonyl (C=O) groups excluding carboxylic acids is 2. The first kappa shape index (κ1) is 14.7. The van der Waals surface area contributed by atoms with Crippen molar-refractivity contribution in [1.82, 2.24) is 5.32 Å². The van der Waals surface area contributed by atoms with Gasteiger partial charge in [0.2, 0.25) is 5.91 Å². The minimum atomic E-state index is -1.60. The van der Waals surface area contributed by atoms with E-state index in [0.29, 0.717) is 0 Å². The van der Waals surface area contributed by atoms with Crippen LogP contribution >= 0.6 is 11.6 Å². The summed E-state index contributed by atoms with van der Waals surface area (Å²) in [5, 5.41) is 23.4. The molecule has 0 aliphatic carbocycles. The summed E-state index contributed by atoms with van der Waals surface area (Å²) in [6, 6.07) is 3.72. The van der Waals surface area contributed by atoms with Crippen LogP contribution < -0.4 is 10.4 Å². The number of hydrogen-bond donors (Lipinski definition) is 1. The lowest BCUT2D eigenvalue weighted by Gasteiger charge is -2.09. The number of nitrogens with zero attached hydrogens (tertiary/aromatic N) is 1. The first-order valence-corrected chi connectivity index (χ1v) is 5.33. The molecule has 1 rings (SSSR count). The number of hydrogen-bond acceptors (Lipinski definition) is 5. The normalized spacial score (nSPS) is 10.9. The average molecular weight is 284 g/mol. The molecular weight excluding hydrogens is 276 g/mol. The van der Waals surface area contributed by atoms with Crippen molar-refractivity contribution in [1.29, 1.82) is 0 Å². The topological polar surface area (TPSA) is 112 Å². The summed E-state index contributed by atoms with van der Waals surface area (Å²) in [5.74, 6) is -2.20. The number of amides is 1. The first-order valence-electron chi connectivity index (χ1n) is 4.96. The highest BCUT2D eigenvalue weighted by molar-refractivity contribution is 6.32. The number of nitro groups is 1. The van der Waals surface area contributed by atoms with E-state index in [1.807, 2.05) is 5.32 Å². The molecule has 7 nitrogen and oxygen atoms in total. The van der Waals surface area contributed by atoms with Crippen LogP contribution in [-0.2, 0) is 9.59 Å². The van der Waals surface area contributed by atoms with E-state index in [1.54, 1.807) is 0 Å². The Bertz CT molecular complexity index is 582. The lowest BCUT2D eigenvalue weighted by Crippen LogP contribution is -2.34. The van der Waals surface area contributed by atoms with E-state index in [0.717, 1.165) is 19.1 Å². The Kier molecular flexibility index (Phi) is 4.60. The molecule has 1 aromatic rings. The average Bonchev–Trinajstić information content (AvgIpc) is 2.29. The van der Waals surface area contributed by atoms with Crippen LogP contribution in [0.3, 0.4) is 0 Å². The molecule has 1 amide bonds. The van der Waals surface area contributed by atoms with Crippen molar-refractivity contribution >= 4 is 35.2 Å². The number of nitro benzene ring substituents is 1. The number of halogens is 1. The smallest absolute Gasteiger partial charge is 0.288 e. The van der Waals surface area contributed by atoms with Crippen molar-refractivity contribution in [3.63, 3.8) is 0 Å². The molecule has 0 bridgehead atoms. The fourth-order valence-electron chi connectivity index (χ4n) is 1.26. The monoisotopic (exact) mass is 283 g/mol. The summed E-state index contributed by atoms with van der Waals surface area (Å²) in [5.41, 5.74) is -0.663. The minimum Gasteiger partial charge on any atom is -0.543 e. The van der Waals surface area contributed by atoms with Gasteiger partial charge < -0.3 is 15.2 Å². The van der Waals surface area contributed by atoms with Gasteiger partial charge in [-0.2, -0.15) is 0 Å². The fraction of sp³-hybridized carbons (Fsp3) is 0.0909. The highest BCUT2D eigenvalue weighted by Crippen LogP contribution is 2.25. The Hall–Kier alpha value is -2.41. The molecule has 0 unspecified atom stereocenters. The number of carboxylic acid groups (broad SMARTS) is 1. The maximum absolute atomic E-state index is 10.8. The Labute approximate surface area is 112 Å². The van der Waals surface area contributed by atoms with E-state index in [4.69, 9.17) is 11.6 Å². The van der Waals surface area contributed by atoms with Crippen molar-refractivity contribution in [2.75, 3.05) is 0 Å². The standard InChI is InChI=1S/C11H9ClN2O5/c1-6(15)13-9(11(16)17)4-7-2-3-8(12)10(5-7)14(18)19/h2-5H,1H3,(H,13,15)(H,16,17)/p-1/b9-4-. The summed E-state index contributed by atoms with van der Waals surface area (Å²) in [6.07, 6.45) is 1.04. The lowest BCUT2D eigenvalue weighted by molar-refractivity contribution is -0.384. The molecule has 0 saturated carbocycles. The molecule has 8 heteroatoms. The zero-order chi connectivity index (χ0) is 14.6. The molecule has 0 heterocycles. The third-order valence-electron chi connectivity index (χ3n) is 2.01. The predicted octanol–water partition coefficient (Wildman–Crippen LogP) is 0.475. The van der Waals surface area contributed by atoms with Crippen molar-refractivity contribution in [3.05, 3.63) is 44.6 Å². The summed E-state index contributed by atoms with van der Waals surface area (Å²) in [4.78, 5) is 31.6. The molecule has 0 radical (unpaired) electrons. The maximum atomic E-state index is 10.8. The molecule has 0 aliphatic heterocycles. The van der Waals surface area contributed by atoms with Gasteiger partial charge in [0.1, 0.15) is 5.02 Å². The molecule has 19 heavy (non-hydrogen) atoms. The van der Waals surface area contributed by atoms with Crippen LogP contribution in [0.25, 0.3) is 6.08 Å². The Morgan fingerprint density at radius 3 is 2.53 bits per heavy atom. The second-order valence-electron chi connectivity index (χ2n) is 3.49. The van der Waals surface area contributed by atoms with Crippen LogP contribution in [0, 0.1) is 10.1 Å². The van der Waals surface area contributed by atoms with Gasteiger partial charge in [0.15, 0.2) is 0 Å². The van der Waals surface area contributed by atoms with E-state index < -0.39 is 22.5 Å². The fourth-order valence-corrected chi connectivity index (χ4v) is 1.45. The molecule has 0 fully saturated rings. The summed E-state index contributed by atoms with van der Waals surface area (Å²) >= 11 is 5.61. The van der Waals surface area contributed by atoms with Crippen molar-refractivity contribution in [3.8, 4) is 0 Å². The van der Waals surface area contributed by atoms with Crippen molar-refractivity contribution < 1.29 is 19.6 Å². The van der Waals surface area contributed by atoms with Gasteiger partial charge in [0, 0.05) is 13.0 Å². The highest BCUT2D eigenvalue weighted by atomic mass is 35.5. The molecule has 0 atom stereocenters. The number of nitrogens with one attached hydrogen (secondary N) is 1. The van der Waals surface area contributed by atoms with E-state index in [-0.39, 0.29) is 16.3 Å². The first-order chi connectivity index (χ1) is 8.81. The van der Waals surface area contributed by atoms with Crippen molar-refractivity contribution in [2.45, 2.75) is 6.92 Å². The van der Waals surface area contributed by atoms with Crippen LogP contribution in [0.15, 0.2) is 23.9 Å². The zero-order valence-electron chi connectivity index (χ0n) is 9.68. The quantitative estimate of drug-likeness (QED) is 0.490. The Morgan fingerprint density at radius 1 is 1.42 bits per heavy atom. The van der Waals surface area contributed by atoms with E-state index in [1.165, 1.54) is 12.1 Å². The Balaban J connectivity index is 3.21. The SMILES string of the molecule is CC(=O)N/C(=C\c1ccc(Cl)c([N+](=O)[O-])c1)C(=O)[O-]. The third kappa shape index (κ3) is 4.07. The van der Waals surface area contributed by atoms with Gasteiger partial charge in [-0.1, -0.05) is 17.7 Å². The van der Waals surface area contributed by atoms with E-state index in [2.05, 4.69) is 0 Å². The molecule has 0 saturated heterocycles. The Morgan fingerprint density at radius 2 is 2.05 bits per heavy atom. The molecule has 1 N–H and O–H groups in total. The van der Waals surface area contributed by atoms with Gasteiger partial charge in [-0.3, -0.25) is 14.9 Å². The number of aliphatic carboxylic acids is 1. The van der Waals surface area contributed by atoms with E-state index >= 15 is 0 Å². The predicted molar refractivity (Wildman–Crippen MR) is 64.9 cm³/mol. The second-order valence-corrected chi connectivity index (χ2v) is 3.90. The zero-order valence-corrected chi connectivity index (χ0v) is 10.4. The number of benzene rings is 1. The number of rotatable bonds is 4. The second kappa shape index (κ2) is 5.96. The van der Waals surface area contributed by atoms with Crippen LogP contribution in [-0.4, -0.2) is 16.8 Å². The summed E-state index contributed by atoms with van der Waals surface area (Å²) in [7, 11) is 0. The van der Waals surface area contributed by atoms with Gasteiger partial charge in [0.25, 0.3) is 5.69 Å². The van der Waals surface area contributed by atoms with Crippen LogP contribution in [0.5, 0.6) is 0 Å². The summed E-state index contributed by atoms with van der Waals surface area (Å²) < 4.78 is 0. The van der Waals surface area contributed by atoms with Crippen molar-refractivity contribution in [2.24, 2.45) is 0 Å². The molecular formula is C11H8ClN2O5-. The van der Waals surface area contributed by atoms with Gasteiger partial charge in [-0.05, 0) is 17.7 Å². The lowest BCUT2D eigenvalue weighted by atomic mass is 10.1. The molecule has 0 spiro atoms. The number of carbonyl (C=O) groups is 2. The highest BCUT2D eigenvalue weighted by Gasteiger charge is 2.12. The van der Waals surface area contributed by atoms with Gasteiger partial charge in [0.05, 0.1) is 16.6 Å². The van der Waals surface area contributed by atoms with Crippen LogP contribution in [0.4, 0.5) is 5.69 Å². The van der Waals surface area contributed by atoms with Crippen LogP contribution in [0.2, 0.25) is 5.02 Å². The molecule has 1 aromatic carbocycles. The molecule has 0 aliphatic rings. The van der Waals surface area contributed by atoms with Crippen LogP contribution in [0.1, 0.15) is 12.5 Å².